The molecule has 0 unspecified atom stereocenters. The smallest absolute Gasteiger partial charge is 0.268 e. The first kappa shape index (κ1) is 20.1. The van der Waals surface area contributed by atoms with Crippen molar-refractivity contribution in [3.8, 4) is 5.69 Å². The van der Waals surface area contributed by atoms with Crippen molar-refractivity contribution in [1.29, 1.82) is 0 Å². The maximum absolute atomic E-state index is 13.9. The number of carbonyl (C=O) groups excluding carboxylic acids is 1. The number of benzene rings is 2. The van der Waals surface area contributed by atoms with E-state index in [1.54, 1.807) is 42.6 Å². The molecule has 0 saturated heterocycles. The summed E-state index contributed by atoms with van der Waals surface area (Å²) in [6.07, 6.45) is 1.55. The fraction of sp³-hybridized carbons (Fsp3) is 0.0476. The third-order valence-electron chi connectivity index (χ3n) is 4.16. The van der Waals surface area contributed by atoms with Gasteiger partial charge in [0.1, 0.15) is 5.82 Å². The van der Waals surface area contributed by atoms with Crippen LogP contribution in [0.3, 0.4) is 0 Å². The molecule has 2 heterocycles. The van der Waals surface area contributed by atoms with E-state index >= 15 is 0 Å². The van der Waals surface area contributed by atoms with Gasteiger partial charge in [0.25, 0.3) is 5.56 Å². The van der Waals surface area contributed by atoms with Crippen molar-refractivity contribution in [3.05, 3.63) is 88.1 Å². The van der Waals surface area contributed by atoms with Gasteiger partial charge in [-0.05, 0) is 42.5 Å². The van der Waals surface area contributed by atoms with Gasteiger partial charge in [0.05, 0.1) is 22.5 Å². The van der Waals surface area contributed by atoms with Gasteiger partial charge in [-0.3, -0.25) is 14.2 Å². The SMILES string of the molecule is O=C(CSc1nc2ncccc2c(=O)n1-c1ccccc1)Nc1ccc(Cl)cc1F. The topological polar surface area (TPSA) is 76.9 Å². The number of para-hydroxylation sites is 1. The summed E-state index contributed by atoms with van der Waals surface area (Å²) in [5.41, 5.74) is 0.651. The van der Waals surface area contributed by atoms with Crippen LogP contribution in [0.4, 0.5) is 10.1 Å². The molecule has 1 N–H and O–H groups in total. The normalized spacial score (nSPS) is 10.9. The third kappa shape index (κ3) is 4.19. The largest absolute Gasteiger partial charge is 0.323 e. The number of hydrogen-bond acceptors (Lipinski definition) is 5. The summed E-state index contributed by atoms with van der Waals surface area (Å²) in [5.74, 6) is -1.16. The molecule has 4 rings (SSSR count). The first-order valence-electron chi connectivity index (χ1n) is 8.84. The van der Waals surface area contributed by atoms with Crippen molar-refractivity contribution in [2.45, 2.75) is 5.16 Å². The number of halogens is 2. The van der Waals surface area contributed by atoms with E-state index in [1.807, 2.05) is 6.07 Å². The molecule has 0 bridgehead atoms. The van der Waals surface area contributed by atoms with Crippen LogP contribution in [-0.2, 0) is 4.79 Å². The van der Waals surface area contributed by atoms with E-state index in [1.165, 1.54) is 16.7 Å². The van der Waals surface area contributed by atoms with Crippen LogP contribution in [0.1, 0.15) is 0 Å². The Morgan fingerprint density at radius 3 is 2.70 bits per heavy atom. The van der Waals surface area contributed by atoms with E-state index in [0.717, 1.165) is 17.8 Å². The summed E-state index contributed by atoms with van der Waals surface area (Å²) in [6.45, 7) is 0. The number of carbonyl (C=O) groups is 1. The molecule has 0 aliphatic rings. The van der Waals surface area contributed by atoms with Gasteiger partial charge in [-0.2, -0.15) is 0 Å². The van der Waals surface area contributed by atoms with E-state index in [-0.39, 0.29) is 22.0 Å². The molecule has 0 fully saturated rings. The molecule has 2 aromatic carbocycles. The molecule has 30 heavy (non-hydrogen) atoms. The maximum Gasteiger partial charge on any atom is 0.268 e. The Morgan fingerprint density at radius 1 is 1.13 bits per heavy atom. The van der Waals surface area contributed by atoms with Crippen LogP contribution in [0.2, 0.25) is 5.02 Å². The Hall–Kier alpha value is -3.23. The standard InChI is InChI=1S/C21H14ClFN4O2S/c22-13-8-9-17(16(23)11-13)25-18(28)12-30-21-26-19-15(7-4-10-24-19)20(29)27(21)14-5-2-1-3-6-14/h1-11H,12H2,(H,25,28). The molecule has 0 spiro atoms. The van der Waals surface area contributed by atoms with Gasteiger partial charge in [-0.15, -0.1) is 0 Å². The summed E-state index contributed by atoms with van der Waals surface area (Å²) in [7, 11) is 0. The third-order valence-corrected chi connectivity index (χ3v) is 5.34. The highest BCUT2D eigenvalue weighted by molar-refractivity contribution is 7.99. The average Bonchev–Trinajstić information content (AvgIpc) is 2.75. The second-order valence-corrected chi connectivity index (χ2v) is 7.59. The lowest BCUT2D eigenvalue weighted by Gasteiger charge is -2.13. The molecule has 0 atom stereocenters. The zero-order valence-electron chi connectivity index (χ0n) is 15.4. The minimum atomic E-state index is -0.630. The van der Waals surface area contributed by atoms with Gasteiger partial charge in [-0.25, -0.2) is 14.4 Å². The molecule has 4 aromatic rings. The molecule has 0 radical (unpaired) electrons. The maximum atomic E-state index is 13.9. The Balaban J connectivity index is 1.65. The van der Waals surface area contributed by atoms with E-state index in [9.17, 15) is 14.0 Å². The van der Waals surface area contributed by atoms with E-state index in [0.29, 0.717) is 21.9 Å². The molecule has 6 nitrogen and oxygen atoms in total. The van der Waals surface area contributed by atoms with Gasteiger partial charge in [-0.1, -0.05) is 41.6 Å². The number of nitrogens with zero attached hydrogens (tertiary/aromatic N) is 3. The van der Waals surface area contributed by atoms with Crippen LogP contribution in [0.25, 0.3) is 16.7 Å². The molecule has 150 valence electrons. The van der Waals surface area contributed by atoms with Crippen LogP contribution >= 0.6 is 23.4 Å². The van der Waals surface area contributed by atoms with Gasteiger partial charge in [0.15, 0.2) is 10.8 Å². The van der Waals surface area contributed by atoms with Crippen LogP contribution in [0.5, 0.6) is 0 Å². The van der Waals surface area contributed by atoms with Gasteiger partial charge < -0.3 is 5.32 Å². The zero-order chi connectivity index (χ0) is 21.1. The number of hydrogen-bond donors (Lipinski definition) is 1. The van der Waals surface area contributed by atoms with Crippen LogP contribution < -0.4 is 10.9 Å². The van der Waals surface area contributed by atoms with Crippen molar-refractivity contribution >= 4 is 46.0 Å². The van der Waals surface area contributed by atoms with E-state index in [2.05, 4.69) is 15.3 Å². The highest BCUT2D eigenvalue weighted by atomic mass is 35.5. The number of rotatable bonds is 5. The fourth-order valence-electron chi connectivity index (χ4n) is 2.81. The first-order valence-corrected chi connectivity index (χ1v) is 10.2. The van der Waals surface area contributed by atoms with Crippen molar-refractivity contribution in [1.82, 2.24) is 14.5 Å². The molecule has 0 aliphatic carbocycles. The molecule has 2 aromatic heterocycles. The highest BCUT2D eigenvalue weighted by Crippen LogP contribution is 2.22. The van der Waals surface area contributed by atoms with Gasteiger partial charge in [0, 0.05) is 11.2 Å². The molecule has 1 amide bonds. The molecule has 0 saturated carbocycles. The Labute approximate surface area is 179 Å². The number of pyridine rings is 1. The minimum absolute atomic E-state index is 0.0265. The van der Waals surface area contributed by atoms with Crippen molar-refractivity contribution in [2.24, 2.45) is 0 Å². The number of thioether (sulfide) groups is 1. The monoisotopic (exact) mass is 440 g/mol. The quantitative estimate of drug-likeness (QED) is 0.370. The number of amides is 1. The molecule has 0 aliphatic heterocycles. The number of nitrogens with one attached hydrogen (secondary N) is 1. The summed E-state index contributed by atoms with van der Waals surface area (Å²) >= 11 is 6.79. The lowest BCUT2D eigenvalue weighted by molar-refractivity contribution is -0.113. The molecular weight excluding hydrogens is 427 g/mol. The summed E-state index contributed by atoms with van der Waals surface area (Å²) in [5, 5.41) is 3.41. The first-order chi connectivity index (χ1) is 14.5. The molecule has 9 heteroatoms. The lowest BCUT2D eigenvalue weighted by atomic mass is 10.3. The van der Waals surface area contributed by atoms with E-state index < -0.39 is 11.7 Å². The van der Waals surface area contributed by atoms with Crippen LogP contribution in [0, 0.1) is 5.82 Å². The van der Waals surface area contributed by atoms with Crippen LogP contribution in [0.15, 0.2) is 76.8 Å². The Bertz CT molecular complexity index is 1300. The highest BCUT2D eigenvalue weighted by Gasteiger charge is 2.16. The summed E-state index contributed by atoms with van der Waals surface area (Å²) in [4.78, 5) is 34.0. The van der Waals surface area contributed by atoms with Crippen molar-refractivity contribution in [2.75, 3.05) is 11.1 Å². The number of aromatic nitrogens is 3. The van der Waals surface area contributed by atoms with E-state index in [4.69, 9.17) is 11.6 Å². The lowest BCUT2D eigenvalue weighted by Crippen LogP contribution is -2.23. The zero-order valence-corrected chi connectivity index (χ0v) is 17.0. The van der Waals surface area contributed by atoms with Crippen molar-refractivity contribution in [3.63, 3.8) is 0 Å². The van der Waals surface area contributed by atoms with Crippen LogP contribution in [-0.4, -0.2) is 26.2 Å². The number of fused-ring (bicyclic) bond motifs is 1. The second-order valence-electron chi connectivity index (χ2n) is 6.21. The number of anilines is 1. The van der Waals surface area contributed by atoms with Gasteiger partial charge in [0.2, 0.25) is 5.91 Å². The van der Waals surface area contributed by atoms with Gasteiger partial charge >= 0.3 is 0 Å². The Kier molecular flexibility index (Phi) is 5.78. The predicted octanol–water partition coefficient (Wildman–Crippen LogP) is 4.30. The fourth-order valence-corrected chi connectivity index (χ4v) is 3.77. The summed E-state index contributed by atoms with van der Waals surface area (Å²) < 4.78 is 15.4. The second kappa shape index (κ2) is 8.64. The predicted molar refractivity (Wildman–Crippen MR) is 116 cm³/mol. The average molecular weight is 441 g/mol. The Morgan fingerprint density at radius 2 is 1.93 bits per heavy atom. The van der Waals surface area contributed by atoms with Crippen molar-refractivity contribution < 1.29 is 9.18 Å². The summed E-state index contributed by atoms with van der Waals surface area (Å²) in [6, 6.07) is 16.3. The minimum Gasteiger partial charge on any atom is -0.323 e. The molecular formula is C21H14ClFN4O2S.